The first-order valence-electron chi connectivity index (χ1n) is 7.04. The lowest BCUT2D eigenvalue weighted by atomic mass is 10.1. The fourth-order valence-corrected chi connectivity index (χ4v) is 1.95. The van der Waals surface area contributed by atoms with Crippen molar-refractivity contribution in [2.24, 2.45) is 5.92 Å². The fourth-order valence-electron chi connectivity index (χ4n) is 1.77. The maximum atomic E-state index is 6.13. The summed E-state index contributed by atoms with van der Waals surface area (Å²) in [5, 5.41) is 3.99. The molecule has 108 valence electrons. The highest BCUT2D eigenvalue weighted by atomic mass is 35.5. The van der Waals surface area contributed by atoms with Crippen molar-refractivity contribution in [2.75, 3.05) is 6.61 Å². The van der Waals surface area contributed by atoms with Gasteiger partial charge in [0.05, 0.1) is 17.3 Å². The van der Waals surface area contributed by atoms with E-state index in [1.165, 1.54) is 12.8 Å². The summed E-state index contributed by atoms with van der Waals surface area (Å²) in [6.45, 7) is 9.95. The normalized spacial score (nSPS) is 12.7. The molecule has 0 bridgehead atoms. The van der Waals surface area contributed by atoms with Crippen molar-refractivity contribution in [3.05, 3.63) is 22.8 Å². The van der Waals surface area contributed by atoms with Crippen molar-refractivity contribution < 1.29 is 4.74 Å². The second-order valence-corrected chi connectivity index (χ2v) is 5.73. The first kappa shape index (κ1) is 16.3. The summed E-state index contributed by atoms with van der Waals surface area (Å²) in [5.41, 5.74) is 0.844. The van der Waals surface area contributed by atoms with Crippen molar-refractivity contribution in [1.29, 1.82) is 0 Å². The number of nitrogens with zero attached hydrogens (tertiary/aromatic N) is 1. The highest BCUT2D eigenvalue weighted by Crippen LogP contribution is 2.19. The third kappa shape index (κ3) is 6.26. The van der Waals surface area contributed by atoms with Crippen molar-refractivity contribution in [3.63, 3.8) is 0 Å². The van der Waals surface area contributed by atoms with Crippen LogP contribution in [0.15, 0.2) is 12.1 Å². The Labute approximate surface area is 121 Å². The largest absolute Gasteiger partial charge is 0.477 e. The SMILES string of the molecule is CCCC(C)COc1ccc(Cl)c(CNC(C)C)n1. The van der Waals surface area contributed by atoms with Gasteiger partial charge in [-0.1, -0.05) is 45.7 Å². The quantitative estimate of drug-likeness (QED) is 0.782. The monoisotopic (exact) mass is 284 g/mol. The fraction of sp³-hybridized carbons (Fsp3) is 0.667. The van der Waals surface area contributed by atoms with Crippen LogP contribution in [0.1, 0.15) is 46.2 Å². The van der Waals surface area contributed by atoms with E-state index in [4.69, 9.17) is 16.3 Å². The molecular weight excluding hydrogens is 260 g/mol. The standard InChI is InChI=1S/C15H25ClN2O/c1-5-6-12(4)10-19-15-8-7-13(16)14(18-15)9-17-11(2)3/h7-8,11-12,17H,5-6,9-10H2,1-4H3. The molecule has 0 radical (unpaired) electrons. The number of rotatable bonds is 8. The van der Waals surface area contributed by atoms with E-state index < -0.39 is 0 Å². The van der Waals surface area contributed by atoms with Crippen LogP contribution < -0.4 is 10.1 Å². The van der Waals surface area contributed by atoms with E-state index in [-0.39, 0.29) is 0 Å². The second-order valence-electron chi connectivity index (χ2n) is 5.32. The number of hydrogen-bond acceptors (Lipinski definition) is 3. The molecule has 0 saturated carbocycles. The summed E-state index contributed by atoms with van der Waals surface area (Å²) in [6, 6.07) is 4.10. The number of ether oxygens (including phenoxy) is 1. The Morgan fingerprint density at radius 3 is 2.68 bits per heavy atom. The van der Waals surface area contributed by atoms with Gasteiger partial charge in [0.25, 0.3) is 0 Å². The average Bonchev–Trinajstić information content (AvgIpc) is 2.36. The van der Waals surface area contributed by atoms with Gasteiger partial charge in [0, 0.05) is 18.7 Å². The van der Waals surface area contributed by atoms with Crippen LogP contribution in [-0.4, -0.2) is 17.6 Å². The van der Waals surface area contributed by atoms with Gasteiger partial charge in [-0.05, 0) is 18.4 Å². The Kier molecular flexibility index (Phi) is 7.17. The van der Waals surface area contributed by atoms with Gasteiger partial charge in [-0.15, -0.1) is 0 Å². The molecule has 0 amide bonds. The van der Waals surface area contributed by atoms with Gasteiger partial charge in [0.1, 0.15) is 0 Å². The van der Waals surface area contributed by atoms with Gasteiger partial charge < -0.3 is 10.1 Å². The van der Waals surface area contributed by atoms with Crippen LogP contribution in [0, 0.1) is 5.92 Å². The number of aromatic nitrogens is 1. The van der Waals surface area contributed by atoms with E-state index in [0.717, 1.165) is 5.69 Å². The summed E-state index contributed by atoms with van der Waals surface area (Å²) in [7, 11) is 0. The zero-order chi connectivity index (χ0) is 14.3. The Hall–Kier alpha value is -0.800. The van der Waals surface area contributed by atoms with Crippen LogP contribution in [0.4, 0.5) is 0 Å². The average molecular weight is 285 g/mol. The summed E-state index contributed by atoms with van der Waals surface area (Å²) < 4.78 is 5.73. The highest BCUT2D eigenvalue weighted by Gasteiger charge is 2.07. The third-order valence-electron chi connectivity index (χ3n) is 2.87. The number of hydrogen-bond donors (Lipinski definition) is 1. The summed E-state index contributed by atoms with van der Waals surface area (Å²) in [4.78, 5) is 4.46. The highest BCUT2D eigenvalue weighted by molar-refractivity contribution is 6.31. The lowest BCUT2D eigenvalue weighted by Gasteiger charge is -2.13. The van der Waals surface area contributed by atoms with Gasteiger partial charge in [-0.2, -0.15) is 0 Å². The van der Waals surface area contributed by atoms with Crippen LogP contribution in [-0.2, 0) is 6.54 Å². The lowest BCUT2D eigenvalue weighted by molar-refractivity contribution is 0.242. The Morgan fingerprint density at radius 2 is 2.05 bits per heavy atom. The number of nitrogens with one attached hydrogen (secondary N) is 1. The van der Waals surface area contributed by atoms with Crippen LogP contribution >= 0.6 is 11.6 Å². The van der Waals surface area contributed by atoms with Crippen LogP contribution in [0.2, 0.25) is 5.02 Å². The van der Waals surface area contributed by atoms with E-state index in [2.05, 4.69) is 38.0 Å². The summed E-state index contributed by atoms with van der Waals surface area (Å²) in [5.74, 6) is 1.22. The first-order chi connectivity index (χ1) is 9.02. The predicted octanol–water partition coefficient (Wildman–Crippen LogP) is 4.05. The van der Waals surface area contributed by atoms with Crippen LogP contribution in [0.25, 0.3) is 0 Å². The topological polar surface area (TPSA) is 34.1 Å². The van der Waals surface area contributed by atoms with Crippen LogP contribution in [0.5, 0.6) is 5.88 Å². The van der Waals surface area contributed by atoms with Crippen LogP contribution in [0.3, 0.4) is 0 Å². The zero-order valence-corrected chi connectivity index (χ0v) is 13.1. The minimum atomic E-state index is 0.409. The summed E-state index contributed by atoms with van der Waals surface area (Å²) in [6.07, 6.45) is 2.36. The molecule has 1 N–H and O–H groups in total. The van der Waals surface area contributed by atoms with E-state index in [1.54, 1.807) is 0 Å². The molecule has 0 aliphatic rings. The van der Waals surface area contributed by atoms with Gasteiger partial charge in [0.2, 0.25) is 5.88 Å². The molecule has 0 aromatic carbocycles. The van der Waals surface area contributed by atoms with E-state index in [0.29, 0.717) is 36.0 Å². The molecule has 1 rings (SSSR count). The maximum absolute atomic E-state index is 6.13. The molecule has 1 aromatic heterocycles. The minimum absolute atomic E-state index is 0.409. The molecule has 0 aliphatic heterocycles. The van der Waals surface area contributed by atoms with Gasteiger partial charge in [-0.3, -0.25) is 0 Å². The summed E-state index contributed by atoms with van der Waals surface area (Å²) >= 11 is 6.13. The predicted molar refractivity (Wildman–Crippen MR) is 80.8 cm³/mol. The first-order valence-corrected chi connectivity index (χ1v) is 7.42. The van der Waals surface area contributed by atoms with Crippen molar-refractivity contribution >= 4 is 11.6 Å². The zero-order valence-electron chi connectivity index (χ0n) is 12.4. The molecule has 0 saturated heterocycles. The van der Waals surface area contributed by atoms with E-state index in [9.17, 15) is 0 Å². The Morgan fingerprint density at radius 1 is 1.32 bits per heavy atom. The molecule has 1 atom stereocenters. The van der Waals surface area contributed by atoms with Crippen molar-refractivity contribution in [2.45, 2.75) is 53.1 Å². The molecule has 1 aromatic rings. The smallest absolute Gasteiger partial charge is 0.213 e. The molecule has 0 fully saturated rings. The molecule has 0 spiro atoms. The minimum Gasteiger partial charge on any atom is -0.477 e. The number of halogens is 1. The molecule has 0 aliphatic carbocycles. The van der Waals surface area contributed by atoms with Crippen molar-refractivity contribution in [3.8, 4) is 5.88 Å². The van der Waals surface area contributed by atoms with Gasteiger partial charge in [0.15, 0.2) is 0 Å². The lowest BCUT2D eigenvalue weighted by Crippen LogP contribution is -2.22. The second kappa shape index (κ2) is 8.39. The van der Waals surface area contributed by atoms with Crippen molar-refractivity contribution in [1.82, 2.24) is 10.3 Å². The Bertz CT molecular complexity index is 382. The molecule has 3 nitrogen and oxygen atoms in total. The molecule has 1 unspecified atom stereocenters. The van der Waals surface area contributed by atoms with Gasteiger partial charge >= 0.3 is 0 Å². The van der Waals surface area contributed by atoms with E-state index >= 15 is 0 Å². The maximum Gasteiger partial charge on any atom is 0.213 e. The van der Waals surface area contributed by atoms with E-state index in [1.807, 2.05) is 12.1 Å². The molecule has 19 heavy (non-hydrogen) atoms. The van der Waals surface area contributed by atoms with Gasteiger partial charge in [-0.25, -0.2) is 4.98 Å². The Balaban J connectivity index is 2.57. The third-order valence-corrected chi connectivity index (χ3v) is 3.21. The molecule has 4 heteroatoms. The number of pyridine rings is 1. The molecule has 1 heterocycles. The molecular formula is C15H25ClN2O.